The van der Waals surface area contributed by atoms with E-state index in [-0.39, 0.29) is 0 Å². The minimum absolute atomic E-state index is 0.363. The average Bonchev–Trinajstić information content (AvgIpc) is 1.88. The maximum atomic E-state index is 5.52. The molecule has 4 heteroatoms. The first-order chi connectivity index (χ1) is 4.70. The van der Waals surface area contributed by atoms with Crippen LogP contribution in [0.25, 0.3) is 0 Å². The molecule has 0 spiro atoms. The lowest BCUT2D eigenvalue weighted by Gasteiger charge is -2.30. The Morgan fingerprint density at radius 2 is 2.20 bits per heavy atom. The number of rotatable bonds is 1. The van der Waals surface area contributed by atoms with Gasteiger partial charge in [0, 0.05) is 0 Å². The zero-order valence-corrected chi connectivity index (χ0v) is 7.60. The summed E-state index contributed by atoms with van der Waals surface area (Å²) in [5, 5.41) is 0. The SMILES string of the molecule is C[C@H]1CCO[P@](N(C)C)O1. The van der Waals surface area contributed by atoms with Gasteiger partial charge in [-0.3, -0.25) is 0 Å². The van der Waals surface area contributed by atoms with Crippen LogP contribution in [0.1, 0.15) is 13.3 Å². The van der Waals surface area contributed by atoms with Crippen LogP contribution in [0.4, 0.5) is 0 Å². The summed E-state index contributed by atoms with van der Waals surface area (Å²) in [5.74, 6) is 0. The Bertz CT molecular complexity index is 110. The molecule has 0 aromatic heterocycles. The van der Waals surface area contributed by atoms with Crippen molar-refractivity contribution in [3.05, 3.63) is 0 Å². The second-order valence-electron chi connectivity index (χ2n) is 2.62. The lowest BCUT2D eigenvalue weighted by molar-refractivity contribution is 0.103. The Morgan fingerprint density at radius 1 is 1.50 bits per heavy atom. The fourth-order valence-corrected chi connectivity index (χ4v) is 1.90. The number of hydrogen-bond acceptors (Lipinski definition) is 3. The third-order valence-electron chi connectivity index (χ3n) is 1.32. The summed E-state index contributed by atoms with van der Waals surface area (Å²) in [6.07, 6.45) is 1.38. The summed E-state index contributed by atoms with van der Waals surface area (Å²) in [7, 11) is 3.22. The Balaban J connectivity index is 2.32. The summed E-state index contributed by atoms with van der Waals surface area (Å²) < 4.78 is 12.9. The van der Waals surface area contributed by atoms with Crippen LogP contribution < -0.4 is 0 Å². The van der Waals surface area contributed by atoms with Gasteiger partial charge in [0.2, 0.25) is 0 Å². The highest BCUT2D eigenvalue weighted by Crippen LogP contribution is 2.44. The van der Waals surface area contributed by atoms with Crippen molar-refractivity contribution in [2.75, 3.05) is 20.7 Å². The van der Waals surface area contributed by atoms with E-state index in [9.17, 15) is 0 Å². The molecule has 0 amide bonds. The molecule has 1 rings (SSSR count). The second kappa shape index (κ2) is 3.63. The molecule has 1 aliphatic rings. The predicted molar refractivity (Wildman–Crippen MR) is 41.7 cm³/mol. The summed E-state index contributed by atoms with van der Waals surface area (Å²) in [6, 6.07) is 0. The van der Waals surface area contributed by atoms with Crippen LogP contribution in [0.5, 0.6) is 0 Å². The first-order valence-electron chi connectivity index (χ1n) is 3.47. The van der Waals surface area contributed by atoms with E-state index in [1.54, 1.807) is 0 Å². The predicted octanol–water partition coefficient (Wildman–Crippen LogP) is 1.60. The minimum atomic E-state index is -0.737. The second-order valence-corrected chi connectivity index (χ2v) is 4.37. The third kappa shape index (κ3) is 2.17. The maximum Gasteiger partial charge on any atom is 0.258 e. The van der Waals surface area contributed by atoms with E-state index in [1.165, 1.54) is 0 Å². The van der Waals surface area contributed by atoms with Crippen LogP contribution >= 0.6 is 8.53 Å². The molecule has 0 aliphatic carbocycles. The van der Waals surface area contributed by atoms with Gasteiger partial charge in [-0.25, -0.2) is 4.67 Å². The lowest BCUT2D eigenvalue weighted by atomic mass is 10.3. The van der Waals surface area contributed by atoms with Gasteiger partial charge in [-0.15, -0.1) is 0 Å². The van der Waals surface area contributed by atoms with Gasteiger partial charge in [0.05, 0.1) is 12.7 Å². The van der Waals surface area contributed by atoms with Crippen molar-refractivity contribution in [2.45, 2.75) is 19.4 Å². The van der Waals surface area contributed by atoms with Gasteiger partial charge in [0.1, 0.15) is 0 Å². The van der Waals surface area contributed by atoms with Gasteiger partial charge in [-0.1, -0.05) is 0 Å². The number of nitrogens with zero attached hydrogens (tertiary/aromatic N) is 1. The highest BCUT2D eigenvalue weighted by atomic mass is 31.2. The van der Waals surface area contributed by atoms with Crippen molar-refractivity contribution in [1.82, 2.24) is 4.67 Å². The van der Waals surface area contributed by atoms with Crippen LogP contribution in [-0.4, -0.2) is 31.5 Å². The summed E-state index contributed by atoms with van der Waals surface area (Å²) in [4.78, 5) is 0. The van der Waals surface area contributed by atoms with Crippen LogP contribution in [0.3, 0.4) is 0 Å². The van der Waals surface area contributed by atoms with Gasteiger partial charge < -0.3 is 9.05 Å². The van der Waals surface area contributed by atoms with E-state index >= 15 is 0 Å². The van der Waals surface area contributed by atoms with E-state index in [4.69, 9.17) is 9.05 Å². The molecule has 1 fully saturated rings. The molecule has 0 radical (unpaired) electrons. The zero-order chi connectivity index (χ0) is 7.56. The molecule has 60 valence electrons. The van der Waals surface area contributed by atoms with Crippen molar-refractivity contribution in [3.63, 3.8) is 0 Å². The molecule has 0 bridgehead atoms. The van der Waals surface area contributed by atoms with Crippen molar-refractivity contribution in [3.8, 4) is 0 Å². The normalized spacial score (nSPS) is 34.8. The fourth-order valence-electron chi connectivity index (χ4n) is 0.744. The first-order valence-corrected chi connectivity index (χ1v) is 4.60. The summed E-state index contributed by atoms with van der Waals surface area (Å²) in [6.45, 7) is 2.92. The summed E-state index contributed by atoms with van der Waals surface area (Å²) >= 11 is 0. The molecule has 0 saturated carbocycles. The Hall–Kier alpha value is 0.310. The van der Waals surface area contributed by atoms with Gasteiger partial charge in [0.25, 0.3) is 8.53 Å². The molecule has 0 aromatic rings. The van der Waals surface area contributed by atoms with E-state index in [0.29, 0.717) is 6.10 Å². The maximum absolute atomic E-state index is 5.52. The van der Waals surface area contributed by atoms with Gasteiger partial charge in [-0.2, -0.15) is 0 Å². The first kappa shape index (κ1) is 8.41. The van der Waals surface area contributed by atoms with Crippen LogP contribution in [0.15, 0.2) is 0 Å². The van der Waals surface area contributed by atoms with Crippen molar-refractivity contribution in [1.29, 1.82) is 0 Å². The largest absolute Gasteiger partial charge is 0.322 e. The smallest absolute Gasteiger partial charge is 0.258 e. The quantitative estimate of drug-likeness (QED) is 0.548. The molecule has 1 heterocycles. The molecule has 0 aromatic carbocycles. The molecule has 0 N–H and O–H groups in total. The van der Waals surface area contributed by atoms with Gasteiger partial charge >= 0.3 is 0 Å². The molecule has 2 atom stereocenters. The lowest BCUT2D eigenvalue weighted by Crippen LogP contribution is -2.20. The van der Waals surface area contributed by atoms with Crippen molar-refractivity contribution < 1.29 is 9.05 Å². The zero-order valence-electron chi connectivity index (χ0n) is 6.70. The molecular weight excluding hydrogens is 149 g/mol. The Kier molecular flexibility index (Phi) is 3.05. The van der Waals surface area contributed by atoms with Crippen LogP contribution in [-0.2, 0) is 9.05 Å². The van der Waals surface area contributed by atoms with Crippen LogP contribution in [0, 0.1) is 0 Å². The topological polar surface area (TPSA) is 21.7 Å². The molecule has 3 nitrogen and oxygen atoms in total. The Morgan fingerprint density at radius 3 is 2.60 bits per heavy atom. The summed E-state index contributed by atoms with van der Waals surface area (Å²) in [5.41, 5.74) is 0. The van der Waals surface area contributed by atoms with E-state index < -0.39 is 8.53 Å². The third-order valence-corrected chi connectivity index (χ3v) is 2.92. The number of hydrogen-bond donors (Lipinski definition) is 0. The molecule has 1 aliphatic heterocycles. The molecule has 0 unspecified atom stereocenters. The van der Waals surface area contributed by atoms with E-state index in [1.807, 2.05) is 18.8 Å². The molecule has 10 heavy (non-hydrogen) atoms. The van der Waals surface area contributed by atoms with Gasteiger partial charge in [-0.05, 0) is 27.4 Å². The van der Waals surface area contributed by atoms with Crippen molar-refractivity contribution in [2.24, 2.45) is 0 Å². The Labute approximate surface area is 63.3 Å². The highest BCUT2D eigenvalue weighted by molar-refractivity contribution is 7.44. The molecular formula is C6H14NO2P. The van der Waals surface area contributed by atoms with E-state index in [0.717, 1.165) is 13.0 Å². The minimum Gasteiger partial charge on any atom is -0.322 e. The average molecular weight is 163 g/mol. The van der Waals surface area contributed by atoms with Gasteiger partial charge in [0.15, 0.2) is 0 Å². The monoisotopic (exact) mass is 163 g/mol. The van der Waals surface area contributed by atoms with Crippen molar-refractivity contribution >= 4 is 8.53 Å². The standard InChI is InChI=1S/C6H14NO2P/c1-6-4-5-8-10(9-6)7(2)3/h6H,4-5H2,1-3H3/t6-,10-/m0/s1. The fraction of sp³-hybridized carbons (Fsp3) is 1.00. The van der Waals surface area contributed by atoms with E-state index in [2.05, 4.69) is 6.92 Å². The highest BCUT2D eigenvalue weighted by Gasteiger charge is 2.22. The van der Waals surface area contributed by atoms with Crippen LogP contribution in [0.2, 0.25) is 0 Å². The molecule has 1 saturated heterocycles.